The molecule has 6 nitrogen and oxygen atoms in total. The molecule has 25 heavy (non-hydrogen) atoms. The Morgan fingerprint density at radius 2 is 1.96 bits per heavy atom. The van der Waals surface area contributed by atoms with Gasteiger partial charge in [-0.25, -0.2) is 9.50 Å². The van der Waals surface area contributed by atoms with Gasteiger partial charge in [0.2, 0.25) is 10.1 Å². The summed E-state index contributed by atoms with van der Waals surface area (Å²) in [7, 11) is 0. The molecule has 0 bridgehead atoms. The predicted molar refractivity (Wildman–Crippen MR) is 102 cm³/mol. The second-order valence-electron chi connectivity index (χ2n) is 6.15. The maximum atomic E-state index is 9.11. The highest BCUT2D eigenvalue weighted by atomic mass is 35.5. The van der Waals surface area contributed by atoms with Gasteiger partial charge in [-0.05, 0) is 25.1 Å². The Bertz CT molecular complexity index is 815. The molecule has 0 radical (unpaired) electrons. The van der Waals surface area contributed by atoms with Crippen molar-refractivity contribution in [2.45, 2.75) is 6.42 Å². The van der Waals surface area contributed by atoms with Crippen LogP contribution in [0.5, 0.6) is 0 Å². The van der Waals surface area contributed by atoms with Crippen molar-refractivity contribution in [1.29, 1.82) is 0 Å². The molecule has 1 saturated heterocycles. The van der Waals surface area contributed by atoms with Crippen LogP contribution >= 0.6 is 22.9 Å². The topological polar surface area (TPSA) is 56.9 Å². The van der Waals surface area contributed by atoms with Crippen LogP contribution in [0, 0.1) is 0 Å². The van der Waals surface area contributed by atoms with Crippen molar-refractivity contribution < 1.29 is 5.11 Å². The van der Waals surface area contributed by atoms with Gasteiger partial charge in [-0.15, -0.1) is 5.10 Å². The quantitative estimate of drug-likeness (QED) is 0.757. The van der Waals surface area contributed by atoms with Crippen LogP contribution in [0.1, 0.15) is 6.42 Å². The molecular formula is C17H20ClN5OS. The summed E-state index contributed by atoms with van der Waals surface area (Å²) in [5.41, 5.74) is 1.95. The van der Waals surface area contributed by atoms with Crippen LogP contribution in [0.25, 0.3) is 16.2 Å². The van der Waals surface area contributed by atoms with Gasteiger partial charge in [0.25, 0.3) is 0 Å². The summed E-state index contributed by atoms with van der Waals surface area (Å²) in [6.45, 7) is 4.88. The van der Waals surface area contributed by atoms with Crippen LogP contribution < -0.4 is 4.90 Å². The Hall–Kier alpha value is -1.67. The number of aliphatic hydroxyl groups is 1. The normalized spacial score (nSPS) is 16.5. The molecule has 3 heterocycles. The molecule has 8 heteroatoms. The van der Waals surface area contributed by atoms with Gasteiger partial charge >= 0.3 is 0 Å². The molecule has 1 aliphatic heterocycles. The molecule has 0 unspecified atom stereocenters. The SMILES string of the molecule is OCCN1CCCN(c2nn3cc(-c4ccc(Cl)cc4)nc3s2)CC1. The zero-order valence-corrected chi connectivity index (χ0v) is 15.4. The summed E-state index contributed by atoms with van der Waals surface area (Å²) in [4.78, 5) is 10.2. The van der Waals surface area contributed by atoms with Crippen molar-refractivity contribution in [2.75, 3.05) is 44.2 Å². The minimum Gasteiger partial charge on any atom is -0.395 e. The molecule has 0 spiro atoms. The number of nitrogens with zero attached hydrogens (tertiary/aromatic N) is 5. The van der Waals surface area contributed by atoms with E-state index in [1.54, 1.807) is 11.3 Å². The molecule has 0 aliphatic carbocycles. The van der Waals surface area contributed by atoms with E-state index >= 15 is 0 Å². The van der Waals surface area contributed by atoms with E-state index in [2.05, 4.69) is 9.80 Å². The Kier molecular flexibility index (Phi) is 4.89. The molecule has 1 aliphatic rings. The first-order valence-corrected chi connectivity index (χ1v) is 9.63. The maximum absolute atomic E-state index is 9.11. The van der Waals surface area contributed by atoms with Crippen LogP contribution in [-0.4, -0.2) is 63.9 Å². The summed E-state index contributed by atoms with van der Waals surface area (Å²) >= 11 is 7.57. The Balaban J connectivity index is 1.52. The Labute approximate surface area is 155 Å². The highest BCUT2D eigenvalue weighted by Gasteiger charge is 2.19. The highest BCUT2D eigenvalue weighted by Crippen LogP contribution is 2.27. The van der Waals surface area contributed by atoms with Crippen molar-refractivity contribution >= 4 is 33.0 Å². The van der Waals surface area contributed by atoms with Gasteiger partial charge in [-0.1, -0.05) is 35.1 Å². The highest BCUT2D eigenvalue weighted by molar-refractivity contribution is 7.20. The van der Waals surface area contributed by atoms with E-state index in [9.17, 15) is 0 Å². The summed E-state index contributed by atoms with van der Waals surface area (Å²) in [6.07, 6.45) is 3.05. The van der Waals surface area contributed by atoms with Crippen LogP contribution in [0.2, 0.25) is 5.02 Å². The van der Waals surface area contributed by atoms with Gasteiger partial charge in [0.15, 0.2) is 0 Å². The smallest absolute Gasteiger partial charge is 0.214 e. The molecule has 1 aromatic carbocycles. The van der Waals surface area contributed by atoms with Gasteiger partial charge < -0.3 is 10.0 Å². The largest absolute Gasteiger partial charge is 0.395 e. The fourth-order valence-electron chi connectivity index (χ4n) is 3.10. The standard InChI is InChI=1S/C17H20ClN5OS/c18-14-4-2-13(3-5-14)15-12-23-16(19-15)25-17(20-23)22-7-1-6-21(8-9-22)10-11-24/h2-5,12,24H,1,6-11H2. The van der Waals surface area contributed by atoms with Crippen LogP contribution in [0.4, 0.5) is 5.13 Å². The van der Waals surface area contributed by atoms with Crippen molar-refractivity contribution in [3.05, 3.63) is 35.5 Å². The van der Waals surface area contributed by atoms with E-state index in [0.717, 1.165) is 65.5 Å². The number of rotatable bonds is 4. The third kappa shape index (κ3) is 3.64. The first kappa shape index (κ1) is 16.8. The number of halogens is 1. The number of anilines is 1. The first-order valence-electron chi connectivity index (χ1n) is 8.43. The lowest BCUT2D eigenvalue weighted by molar-refractivity contribution is 0.204. The summed E-state index contributed by atoms with van der Waals surface area (Å²) in [5.74, 6) is 0. The van der Waals surface area contributed by atoms with Crippen molar-refractivity contribution in [3.8, 4) is 11.3 Å². The number of imidazole rings is 1. The molecule has 0 atom stereocenters. The number of fused-ring (bicyclic) bond motifs is 1. The third-order valence-corrected chi connectivity index (χ3v) is 5.68. The lowest BCUT2D eigenvalue weighted by Crippen LogP contribution is -2.32. The van der Waals surface area contributed by atoms with Crippen molar-refractivity contribution in [2.24, 2.45) is 0 Å². The lowest BCUT2D eigenvalue weighted by Gasteiger charge is -2.20. The second kappa shape index (κ2) is 7.29. The van der Waals surface area contributed by atoms with Gasteiger partial charge in [-0.3, -0.25) is 4.90 Å². The lowest BCUT2D eigenvalue weighted by atomic mass is 10.2. The molecule has 0 saturated carbocycles. The van der Waals surface area contributed by atoms with Crippen LogP contribution in [0.3, 0.4) is 0 Å². The molecule has 3 aromatic rings. The zero-order chi connectivity index (χ0) is 17.2. The zero-order valence-electron chi connectivity index (χ0n) is 13.8. The van der Waals surface area contributed by atoms with Crippen molar-refractivity contribution in [3.63, 3.8) is 0 Å². The van der Waals surface area contributed by atoms with Gasteiger partial charge in [-0.2, -0.15) is 0 Å². The first-order chi connectivity index (χ1) is 12.2. The van der Waals surface area contributed by atoms with E-state index in [-0.39, 0.29) is 6.61 Å². The number of benzene rings is 1. The molecule has 2 aromatic heterocycles. The summed E-state index contributed by atoms with van der Waals surface area (Å²) < 4.78 is 1.86. The number of hydrogen-bond donors (Lipinski definition) is 1. The fraction of sp³-hybridized carbons (Fsp3) is 0.412. The van der Waals surface area contributed by atoms with E-state index in [1.807, 2.05) is 35.0 Å². The number of aromatic nitrogens is 3. The molecular weight excluding hydrogens is 358 g/mol. The number of hydrogen-bond acceptors (Lipinski definition) is 6. The summed E-state index contributed by atoms with van der Waals surface area (Å²) in [5, 5.41) is 15.6. The van der Waals surface area contributed by atoms with E-state index < -0.39 is 0 Å². The van der Waals surface area contributed by atoms with E-state index in [0.29, 0.717) is 0 Å². The molecule has 1 fully saturated rings. The number of β-amino-alcohol motifs (C(OH)–C–C–N with tert-alkyl or cyclic N) is 1. The second-order valence-corrected chi connectivity index (χ2v) is 7.52. The van der Waals surface area contributed by atoms with Gasteiger partial charge in [0.1, 0.15) is 0 Å². The maximum Gasteiger partial charge on any atom is 0.214 e. The van der Waals surface area contributed by atoms with Crippen molar-refractivity contribution in [1.82, 2.24) is 19.5 Å². The fourth-order valence-corrected chi connectivity index (χ4v) is 4.17. The van der Waals surface area contributed by atoms with E-state index in [1.165, 1.54) is 0 Å². The minimum atomic E-state index is 0.221. The van der Waals surface area contributed by atoms with Gasteiger partial charge in [0.05, 0.1) is 18.5 Å². The average Bonchev–Trinajstić information content (AvgIpc) is 3.09. The Morgan fingerprint density at radius 3 is 2.72 bits per heavy atom. The molecule has 1 N–H and O–H groups in total. The molecule has 0 amide bonds. The van der Waals surface area contributed by atoms with Gasteiger partial charge in [0, 0.05) is 36.8 Å². The van der Waals surface area contributed by atoms with Crippen LogP contribution in [-0.2, 0) is 0 Å². The average molecular weight is 378 g/mol. The predicted octanol–water partition coefficient (Wildman–Crippen LogP) is 2.62. The third-order valence-electron chi connectivity index (χ3n) is 4.45. The summed E-state index contributed by atoms with van der Waals surface area (Å²) in [6, 6.07) is 7.69. The minimum absolute atomic E-state index is 0.221. The molecule has 4 rings (SSSR count). The molecule has 132 valence electrons. The number of aliphatic hydroxyl groups excluding tert-OH is 1. The van der Waals surface area contributed by atoms with E-state index in [4.69, 9.17) is 26.8 Å². The van der Waals surface area contributed by atoms with Crippen LogP contribution in [0.15, 0.2) is 30.5 Å². The monoisotopic (exact) mass is 377 g/mol. The Morgan fingerprint density at radius 1 is 1.12 bits per heavy atom.